The van der Waals surface area contributed by atoms with Crippen molar-refractivity contribution in [2.45, 2.75) is 97.8 Å². The second kappa shape index (κ2) is 15.0. The van der Waals surface area contributed by atoms with Crippen LogP contribution in [0.3, 0.4) is 0 Å². The van der Waals surface area contributed by atoms with E-state index in [1.54, 1.807) is 9.42 Å². The van der Waals surface area contributed by atoms with Gasteiger partial charge in [0.2, 0.25) is 5.95 Å². The molecule has 2 aromatic carbocycles. The fourth-order valence-electron chi connectivity index (χ4n) is 7.38. The molecule has 1 amide bonds. The molecular weight excluding hydrogens is 653 g/mol. The minimum absolute atomic E-state index is 0.201. The predicted molar refractivity (Wildman–Crippen MR) is 206 cm³/mol. The topological polar surface area (TPSA) is 110 Å². The van der Waals surface area contributed by atoms with Gasteiger partial charge in [0.15, 0.2) is 5.65 Å². The van der Waals surface area contributed by atoms with Crippen molar-refractivity contribution in [3.63, 3.8) is 0 Å². The molecule has 1 atom stereocenters. The molecule has 2 fully saturated rings. The fraction of sp³-hybridized carbons (Fsp3) is 0.488. The minimum atomic E-state index is -0.563. The SMILES string of the molecule is CCC1CCN(c2ccc3c(-c4ccccc4CNc4nc(O[C@@H]5CCCN(C(=O)OC(C)(C)C)C5)nc5c(C(C)C)cnn45)nccc3c2)CC1. The Kier molecular flexibility index (Phi) is 10.2. The van der Waals surface area contributed by atoms with Crippen molar-refractivity contribution in [2.24, 2.45) is 5.92 Å². The molecule has 2 saturated heterocycles. The molecule has 2 aliphatic heterocycles. The Morgan fingerprint density at radius 3 is 2.60 bits per heavy atom. The highest BCUT2D eigenvalue weighted by Crippen LogP contribution is 2.34. The van der Waals surface area contributed by atoms with E-state index in [4.69, 9.17) is 24.4 Å². The molecule has 0 bridgehead atoms. The molecule has 11 heteroatoms. The number of anilines is 2. The summed E-state index contributed by atoms with van der Waals surface area (Å²) in [7, 11) is 0. The lowest BCUT2D eigenvalue weighted by molar-refractivity contribution is 0.00662. The number of pyridine rings is 1. The van der Waals surface area contributed by atoms with Crippen LogP contribution in [-0.4, -0.2) is 73.4 Å². The van der Waals surface area contributed by atoms with Gasteiger partial charge in [0.1, 0.15) is 11.7 Å². The van der Waals surface area contributed by atoms with E-state index < -0.39 is 5.60 Å². The smallest absolute Gasteiger partial charge is 0.410 e. The highest BCUT2D eigenvalue weighted by molar-refractivity contribution is 5.97. The Hall–Kier alpha value is -4.93. The van der Waals surface area contributed by atoms with Crippen molar-refractivity contribution < 1.29 is 14.3 Å². The number of hydrogen-bond donors (Lipinski definition) is 1. The van der Waals surface area contributed by atoms with E-state index in [2.05, 4.69) is 84.6 Å². The molecule has 0 saturated carbocycles. The number of carbonyl (C=O) groups is 1. The molecule has 0 unspecified atom stereocenters. The first-order valence-electron chi connectivity index (χ1n) is 18.9. The molecular formula is C41H52N8O3. The first-order chi connectivity index (χ1) is 25.1. The molecule has 5 heterocycles. The van der Waals surface area contributed by atoms with Crippen molar-refractivity contribution in [1.29, 1.82) is 0 Å². The fourth-order valence-corrected chi connectivity index (χ4v) is 7.38. The second-order valence-corrected chi connectivity index (χ2v) is 15.5. The zero-order valence-electron chi connectivity index (χ0n) is 31.4. The summed E-state index contributed by atoms with van der Waals surface area (Å²) in [6.07, 6.45) is 8.55. The number of nitrogens with zero attached hydrogens (tertiary/aromatic N) is 7. The van der Waals surface area contributed by atoms with Crippen LogP contribution in [-0.2, 0) is 11.3 Å². The first kappa shape index (κ1) is 35.5. The van der Waals surface area contributed by atoms with Gasteiger partial charge in [-0.3, -0.25) is 4.98 Å². The molecule has 1 N–H and O–H groups in total. The number of aromatic nitrogens is 5. The van der Waals surface area contributed by atoms with Gasteiger partial charge in [-0.05, 0) is 87.4 Å². The normalized spacial score (nSPS) is 17.2. The van der Waals surface area contributed by atoms with Gasteiger partial charge in [-0.15, -0.1) is 0 Å². The van der Waals surface area contributed by atoms with Gasteiger partial charge >= 0.3 is 12.1 Å². The average Bonchev–Trinajstić information content (AvgIpc) is 3.58. The standard InChI is InChI=1S/C41H52N8O3/c1-7-28-17-21-47(22-18-28)31-14-15-34-29(23-31)16-19-42-36(34)33-13-9-8-11-30(33)24-43-38-46-39(45-37-35(27(2)3)25-44-49(37)38)51-32-12-10-20-48(26-32)40(50)52-41(4,5)6/h8-9,11,13-16,19,23,25,27-28,32H,7,10,12,17-18,20-22,24,26H2,1-6H3,(H,43,45,46)/t32-/m1/s1. The highest BCUT2D eigenvalue weighted by atomic mass is 16.6. The number of fused-ring (bicyclic) bond motifs is 2. The highest BCUT2D eigenvalue weighted by Gasteiger charge is 2.30. The number of carbonyl (C=O) groups excluding carboxylic acids is 1. The van der Waals surface area contributed by atoms with E-state index in [0.717, 1.165) is 59.6 Å². The van der Waals surface area contributed by atoms with Crippen molar-refractivity contribution in [2.75, 3.05) is 36.4 Å². The third kappa shape index (κ3) is 7.78. The summed E-state index contributed by atoms with van der Waals surface area (Å²) in [5.74, 6) is 1.57. The molecule has 2 aliphatic rings. The van der Waals surface area contributed by atoms with Gasteiger partial charge in [-0.25, -0.2) is 4.79 Å². The summed E-state index contributed by atoms with van der Waals surface area (Å²) in [6.45, 7) is 15.9. The third-order valence-corrected chi connectivity index (χ3v) is 10.3. The Morgan fingerprint density at radius 2 is 1.83 bits per heavy atom. The lowest BCUT2D eigenvalue weighted by Crippen LogP contribution is -2.46. The van der Waals surface area contributed by atoms with Crippen molar-refractivity contribution in [3.05, 3.63) is 72.1 Å². The molecule has 0 aliphatic carbocycles. The van der Waals surface area contributed by atoms with Gasteiger partial charge in [0.05, 0.1) is 18.4 Å². The van der Waals surface area contributed by atoms with Crippen molar-refractivity contribution in [3.8, 4) is 17.3 Å². The van der Waals surface area contributed by atoms with E-state index in [-0.39, 0.29) is 24.1 Å². The molecule has 0 spiro atoms. The lowest BCUT2D eigenvalue weighted by atomic mass is 9.94. The Balaban J connectivity index is 1.14. The van der Waals surface area contributed by atoms with Gasteiger partial charge in [-0.1, -0.05) is 57.5 Å². The number of amides is 1. The van der Waals surface area contributed by atoms with Crippen molar-refractivity contribution >= 4 is 34.1 Å². The van der Waals surface area contributed by atoms with Crippen LogP contribution in [0.5, 0.6) is 6.01 Å². The number of ether oxygens (including phenoxy) is 2. The first-order valence-corrected chi connectivity index (χ1v) is 18.9. The van der Waals surface area contributed by atoms with Gasteiger partial charge in [0.25, 0.3) is 0 Å². The van der Waals surface area contributed by atoms with Crippen LogP contribution in [0.4, 0.5) is 16.4 Å². The van der Waals surface area contributed by atoms with E-state index in [0.29, 0.717) is 31.2 Å². The Labute approximate surface area is 306 Å². The van der Waals surface area contributed by atoms with E-state index in [9.17, 15) is 4.79 Å². The third-order valence-electron chi connectivity index (χ3n) is 10.3. The summed E-state index contributed by atoms with van der Waals surface area (Å²) in [4.78, 5) is 31.6. The molecule has 7 rings (SSSR count). The second-order valence-electron chi connectivity index (χ2n) is 15.5. The lowest BCUT2D eigenvalue weighted by Gasteiger charge is -2.33. The monoisotopic (exact) mass is 704 g/mol. The molecule has 274 valence electrons. The summed E-state index contributed by atoms with van der Waals surface area (Å²) >= 11 is 0. The van der Waals surface area contributed by atoms with Crippen molar-refractivity contribution in [1.82, 2.24) is 29.5 Å². The zero-order valence-corrected chi connectivity index (χ0v) is 31.4. The van der Waals surface area contributed by atoms with Gasteiger partial charge in [0, 0.05) is 54.6 Å². The Bertz CT molecular complexity index is 2030. The van der Waals surface area contributed by atoms with Crippen LogP contribution >= 0.6 is 0 Å². The summed E-state index contributed by atoms with van der Waals surface area (Å²) < 4.78 is 13.8. The molecule has 52 heavy (non-hydrogen) atoms. The average molecular weight is 705 g/mol. The number of rotatable bonds is 9. The van der Waals surface area contributed by atoms with Crippen LogP contribution in [0.2, 0.25) is 0 Å². The van der Waals surface area contributed by atoms with Crippen LogP contribution in [0, 0.1) is 5.92 Å². The quantitative estimate of drug-likeness (QED) is 0.162. The van der Waals surface area contributed by atoms with Crippen LogP contribution in [0.1, 0.15) is 90.7 Å². The minimum Gasteiger partial charge on any atom is -0.458 e. The molecule has 3 aromatic heterocycles. The van der Waals surface area contributed by atoms with Crippen LogP contribution in [0.25, 0.3) is 27.7 Å². The maximum absolute atomic E-state index is 12.8. The molecule has 5 aromatic rings. The maximum atomic E-state index is 12.8. The molecule has 0 radical (unpaired) electrons. The number of piperidine rings is 2. The number of likely N-dealkylation sites (tertiary alicyclic amines) is 1. The van der Waals surface area contributed by atoms with Crippen LogP contribution in [0.15, 0.2) is 60.9 Å². The van der Waals surface area contributed by atoms with Gasteiger partial charge < -0.3 is 24.6 Å². The number of hydrogen-bond acceptors (Lipinski definition) is 9. The van der Waals surface area contributed by atoms with E-state index in [1.807, 2.05) is 33.2 Å². The number of benzene rings is 2. The molecule has 11 nitrogen and oxygen atoms in total. The zero-order chi connectivity index (χ0) is 36.4. The predicted octanol–water partition coefficient (Wildman–Crippen LogP) is 8.48. The summed E-state index contributed by atoms with van der Waals surface area (Å²) in [6, 6.07) is 17.5. The Morgan fingerprint density at radius 1 is 1.02 bits per heavy atom. The largest absolute Gasteiger partial charge is 0.458 e. The van der Waals surface area contributed by atoms with E-state index in [1.165, 1.54) is 30.3 Å². The van der Waals surface area contributed by atoms with E-state index >= 15 is 0 Å². The number of nitrogens with one attached hydrogen (secondary N) is 1. The summed E-state index contributed by atoms with van der Waals surface area (Å²) in [5.41, 5.74) is 5.52. The van der Waals surface area contributed by atoms with Crippen LogP contribution < -0.4 is 15.0 Å². The van der Waals surface area contributed by atoms with Gasteiger partial charge in [-0.2, -0.15) is 19.6 Å². The summed E-state index contributed by atoms with van der Waals surface area (Å²) in [5, 5.41) is 10.5. The maximum Gasteiger partial charge on any atom is 0.410 e.